The third-order valence-corrected chi connectivity index (χ3v) is 4.37. The molecule has 0 bridgehead atoms. The van der Waals surface area contributed by atoms with E-state index < -0.39 is 0 Å². The van der Waals surface area contributed by atoms with Gasteiger partial charge in [-0.15, -0.1) is 0 Å². The van der Waals surface area contributed by atoms with Crippen molar-refractivity contribution in [2.75, 3.05) is 27.2 Å². The lowest BCUT2D eigenvalue weighted by Crippen LogP contribution is -2.46. The van der Waals surface area contributed by atoms with Gasteiger partial charge in [-0.25, -0.2) is 0 Å². The lowest BCUT2D eigenvalue weighted by Gasteiger charge is -2.32. The maximum Gasteiger partial charge on any atom is 0.0247 e. The molecule has 0 aromatic rings. The van der Waals surface area contributed by atoms with Crippen LogP contribution in [-0.4, -0.2) is 55.1 Å². The monoisotopic (exact) mass is 211 g/mol. The molecule has 0 aromatic carbocycles. The first kappa shape index (κ1) is 11.4. The molecular formula is C12H25N3. The van der Waals surface area contributed by atoms with E-state index in [4.69, 9.17) is 5.73 Å². The highest BCUT2D eigenvalue weighted by Crippen LogP contribution is 2.36. The van der Waals surface area contributed by atoms with Crippen LogP contribution in [0, 0.1) is 5.92 Å². The smallest absolute Gasteiger partial charge is 0.0247 e. The van der Waals surface area contributed by atoms with Crippen molar-refractivity contribution in [3.63, 3.8) is 0 Å². The SMILES string of the molecule is CC1CC(N(C)C(CN)C2CC2)CN1C. The van der Waals surface area contributed by atoms with Crippen molar-refractivity contribution in [1.29, 1.82) is 0 Å². The zero-order chi connectivity index (χ0) is 11.0. The third-order valence-electron chi connectivity index (χ3n) is 4.37. The van der Waals surface area contributed by atoms with Crippen LogP contribution >= 0.6 is 0 Å². The molecule has 1 aliphatic heterocycles. The van der Waals surface area contributed by atoms with Crippen LogP contribution in [0.2, 0.25) is 0 Å². The summed E-state index contributed by atoms with van der Waals surface area (Å²) in [6, 6.07) is 2.09. The highest BCUT2D eigenvalue weighted by molar-refractivity contribution is 4.94. The van der Waals surface area contributed by atoms with Crippen molar-refractivity contribution >= 4 is 0 Å². The number of nitrogens with zero attached hydrogens (tertiary/aromatic N) is 2. The van der Waals surface area contributed by atoms with Gasteiger partial charge in [-0.2, -0.15) is 0 Å². The van der Waals surface area contributed by atoms with E-state index in [-0.39, 0.29) is 0 Å². The van der Waals surface area contributed by atoms with Crippen LogP contribution in [0.15, 0.2) is 0 Å². The van der Waals surface area contributed by atoms with E-state index in [1.807, 2.05) is 0 Å². The lowest BCUT2D eigenvalue weighted by molar-refractivity contribution is 0.161. The maximum atomic E-state index is 5.90. The Hall–Kier alpha value is -0.120. The lowest BCUT2D eigenvalue weighted by atomic mass is 10.1. The molecular weight excluding hydrogens is 186 g/mol. The minimum atomic E-state index is 0.633. The molecule has 0 amide bonds. The second-order valence-electron chi connectivity index (χ2n) is 5.48. The van der Waals surface area contributed by atoms with Gasteiger partial charge in [0.15, 0.2) is 0 Å². The van der Waals surface area contributed by atoms with Crippen LogP contribution in [0.25, 0.3) is 0 Å². The second kappa shape index (κ2) is 4.40. The van der Waals surface area contributed by atoms with Crippen LogP contribution in [0.5, 0.6) is 0 Å². The standard InChI is InChI=1S/C12H25N3/c1-9-6-11(8-14(9)2)15(3)12(7-13)10-4-5-10/h9-12H,4-8,13H2,1-3H3. The summed E-state index contributed by atoms with van der Waals surface area (Å²) in [4.78, 5) is 5.01. The van der Waals surface area contributed by atoms with Gasteiger partial charge in [-0.3, -0.25) is 4.90 Å². The Labute approximate surface area is 93.6 Å². The van der Waals surface area contributed by atoms with Crippen LogP contribution in [0.4, 0.5) is 0 Å². The topological polar surface area (TPSA) is 32.5 Å². The fourth-order valence-electron chi connectivity index (χ4n) is 2.90. The predicted octanol–water partition coefficient (Wildman–Crippen LogP) is 0.748. The Morgan fingerprint density at radius 2 is 2.13 bits per heavy atom. The van der Waals surface area contributed by atoms with Crippen molar-refractivity contribution in [1.82, 2.24) is 9.80 Å². The van der Waals surface area contributed by atoms with E-state index in [0.29, 0.717) is 6.04 Å². The number of nitrogens with two attached hydrogens (primary N) is 1. The third kappa shape index (κ3) is 2.35. The van der Waals surface area contributed by atoms with Gasteiger partial charge in [0.25, 0.3) is 0 Å². The van der Waals surface area contributed by atoms with Gasteiger partial charge in [0.2, 0.25) is 0 Å². The molecule has 2 aliphatic rings. The van der Waals surface area contributed by atoms with Gasteiger partial charge in [0, 0.05) is 31.2 Å². The number of likely N-dealkylation sites (N-methyl/N-ethyl adjacent to an activating group) is 2. The number of rotatable bonds is 4. The summed E-state index contributed by atoms with van der Waals surface area (Å²) >= 11 is 0. The first-order valence-electron chi connectivity index (χ1n) is 6.25. The fourth-order valence-corrected chi connectivity index (χ4v) is 2.90. The van der Waals surface area contributed by atoms with Crippen LogP contribution in [-0.2, 0) is 0 Å². The summed E-state index contributed by atoms with van der Waals surface area (Å²) in [7, 11) is 4.50. The molecule has 3 unspecified atom stereocenters. The van der Waals surface area contributed by atoms with Crippen molar-refractivity contribution in [3.8, 4) is 0 Å². The molecule has 88 valence electrons. The van der Waals surface area contributed by atoms with Gasteiger partial charge in [0.05, 0.1) is 0 Å². The van der Waals surface area contributed by atoms with Gasteiger partial charge < -0.3 is 10.6 Å². The molecule has 3 nitrogen and oxygen atoms in total. The van der Waals surface area contributed by atoms with E-state index in [2.05, 4.69) is 30.8 Å². The minimum absolute atomic E-state index is 0.633. The summed E-state index contributed by atoms with van der Waals surface area (Å²) in [6.45, 7) is 4.36. The number of likely N-dealkylation sites (tertiary alicyclic amines) is 1. The Morgan fingerprint density at radius 1 is 1.47 bits per heavy atom. The van der Waals surface area contributed by atoms with Gasteiger partial charge in [-0.1, -0.05) is 0 Å². The van der Waals surface area contributed by atoms with Crippen molar-refractivity contribution in [3.05, 3.63) is 0 Å². The molecule has 1 saturated carbocycles. The Balaban J connectivity index is 1.92. The highest BCUT2D eigenvalue weighted by Gasteiger charge is 2.38. The average Bonchev–Trinajstić information content (AvgIpc) is 2.96. The Kier molecular flexibility index (Phi) is 3.33. The summed E-state index contributed by atoms with van der Waals surface area (Å²) in [5.74, 6) is 0.890. The highest BCUT2D eigenvalue weighted by atomic mass is 15.3. The first-order chi connectivity index (χ1) is 7.13. The first-order valence-corrected chi connectivity index (χ1v) is 6.25. The second-order valence-corrected chi connectivity index (χ2v) is 5.48. The summed E-state index contributed by atoms with van der Waals surface area (Å²) in [6.07, 6.45) is 4.09. The van der Waals surface area contributed by atoms with E-state index in [1.54, 1.807) is 0 Å². The Bertz CT molecular complexity index is 205. The van der Waals surface area contributed by atoms with E-state index >= 15 is 0 Å². The molecule has 1 saturated heterocycles. The summed E-state index contributed by atoms with van der Waals surface area (Å²) < 4.78 is 0. The molecule has 2 fully saturated rings. The number of hydrogen-bond acceptors (Lipinski definition) is 3. The molecule has 3 heteroatoms. The van der Waals surface area contributed by atoms with Crippen molar-refractivity contribution in [2.24, 2.45) is 11.7 Å². The number of hydrogen-bond donors (Lipinski definition) is 1. The normalized spacial score (nSPS) is 35.0. The van der Waals surface area contributed by atoms with Crippen LogP contribution in [0.3, 0.4) is 0 Å². The van der Waals surface area contributed by atoms with Crippen LogP contribution in [0.1, 0.15) is 26.2 Å². The quantitative estimate of drug-likeness (QED) is 0.745. The van der Waals surface area contributed by atoms with Crippen molar-refractivity contribution < 1.29 is 0 Å². The maximum absolute atomic E-state index is 5.90. The molecule has 0 radical (unpaired) electrons. The molecule has 1 aliphatic carbocycles. The van der Waals surface area contributed by atoms with Gasteiger partial charge in [0.1, 0.15) is 0 Å². The Morgan fingerprint density at radius 3 is 2.53 bits per heavy atom. The zero-order valence-corrected chi connectivity index (χ0v) is 10.3. The molecule has 2 N–H and O–H groups in total. The van der Waals surface area contributed by atoms with E-state index in [0.717, 1.165) is 24.5 Å². The largest absolute Gasteiger partial charge is 0.329 e. The molecule has 15 heavy (non-hydrogen) atoms. The van der Waals surface area contributed by atoms with E-state index in [1.165, 1.54) is 25.8 Å². The molecule has 2 rings (SSSR count). The van der Waals surface area contributed by atoms with Gasteiger partial charge >= 0.3 is 0 Å². The fraction of sp³-hybridized carbons (Fsp3) is 1.00. The zero-order valence-electron chi connectivity index (χ0n) is 10.3. The van der Waals surface area contributed by atoms with Crippen molar-refractivity contribution in [2.45, 2.75) is 44.3 Å². The molecule has 0 aromatic heterocycles. The summed E-state index contributed by atoms with van der Waals surface area (Å²) in [5, 5.41) is 0. The molecule has 1 heterocycles. The van der Waals surface area contributed by atoms with E-state index in [9.17, 15) is 0 Å². The minimum Gasteiger partial charge on any atom is -0.329 e. The predicted molar refractivity (Wildman–Crippen MR) is 63.8 cm³/mol. The van der Waals surface area contributed by atoms with Gasteiger partial charge in [-0.05, 0) is 46.2 Å². The molecule has 0 spiro atoms. The molecule has 3 atom stereocenters. The summed E-state index contributed by atoms with van der Waals surface area (Å²) in [5.41, 5.74) is 5.90. The van der Waals surface area contributed by atoms with Crippen LogP contribution < -0.4 is 5.73 Å². The average molecular weight is 211 g/mol.